The molecule has 16 heavy (non-hydrogen) atoms. The summed E-state index contributed by atoms with van der Waals surface area (Å²) in [6, 6.07) is 7.48. The van der Waals surface area contributed by atoms with Crippen molar-refractivity contribution in [3.8, 4) is 0 Å². The molecule has 84 valence electrons. The average molecular weight is 218 g/mol. The van der Waals surface area contributed by atoms with Crippen LogP contribution in [0.1, 0.15) is 28.8 Å². The Bertz CT molecular complexity index is 441. The Morgan fingerprint density at radius 2 is 2.19 bits per heavy atom. The van der Waals surface area contributed by atoms with E-state index in [1.165, 1.54) is 0 Å². The Kier molecular flexibility index (Phi) is 2.13. The minimum absolute atomic E-state index is 0.0657. The standard InChI is InChI=1S/C13H14O3/c14-11-10-5-2-1-4-9(10)8-13(15)6-3-7-16-12(11)13/h1-2,4-5,12,15H,3,6-8H2/t12-,13+/m0/s1. The predicted molar refractivity (Wildman–Crippen MR) is 58.4 cm³/mol. The summed E-state index contributed by atoms with van der Waals surface area (Å²) in [5, 5.41) is 10.5. The molecule has 0 spiro atoms. The van der Waals surface area contributed by atoms with E-state index in [1.807, 2.05) is 24.3 Å². The number of carbonyl (C=O) groups excluding carboxylic acids is 1. The van der Waals surface area contributed by atoms with Crippen molar-refractivity contribution in [2.24, 2.45) is 0 Å². The minimum Gasteiger partial charge on any atom is -0.386 e. The smallest absolute Gasteiger partial charge is 0.194 e. The lowest BCUT2D eigenvalue weighted by Crippen LogP contribution is -2.56. The summed E-state index contributed by atoms with van der Waals surface area (Å²) in [6.45, 7) is 0.570. The maximum atomic E-state index is 12.2. The third-order valence-electron chi connectivity index (χ3n) is 3.54. The molecule has 3 heteroatoms. The van der Waals surface area contributed by atoms with E-state index >= 15 is 0 Å². The number of carbonyl (C=O) groups is 1. The van der Waals surface area contributed by atoms with E-state index in [0.717, 1.165) is 12.0 Å². The Labute approximate surface area is 94.0 Å². The number of rotatable bonds is 0. The number of benzene rings is 1. The van der Waals surface area contributed by atoms with Gasteiger partial charge in [-0.25, -0.2) is 0 Å². The number of Topliss-reactive ketones (excluding diaryl/α,β-unsaturated/α-hetero) is 1. The molecule has 0 saturated carbocycles. The molecule has 1 fully saturated rings. The molecule has 0 unspecified atom stereocenters. The monoisotopic (exact) mass is 218 g/mol. The molecule has 3 nitrogen and oxygen atoms in total. The fourth-order valence-electron chi connectivity index (χ4n) is 2.75. The highest BCUT2D eigenvalue weighted by molar-refractivity contribution is 6.03. The van der Waals surface area contributed by atoms with Gasteiger partial charge in [-0.2, -0.15) is 0 Å². The van der Waals surface area contributed by atoms with Gasteiger partial charge in [-0.3, -0.25) is 4.79 Å². The third-order valence-corrected chi connectivity index (χ3v) is 3.54. The van der Waals surface area contributed by atoms with Crippen LogP contribution in [0.4, 0.5) is 0 Å². The van der Waals surface area contributed by atoms with E-state index in [2.05, 4.69) is 0 Å². The van der Waals surface area contributed by atoms with E-state index in [4.69, 9.17) is 4.74 Å². The second-order valence-electron chi connectivity index (χ2n) is 4.66. The molecule has 1 saturated heterocycles. The van der Waals surface area contributed by atoms with Crippen LogP contribution in [0.15, 0.2) is 24.3 Å². The summed E-state index contributed by atoms with van der Waals surface area (Å²) in [4.78, 5) is 12.2. The molecule has 3 rings (SSSR count). The first-order valence-electron chi connectivity index (χ1n) is 5.67. The number of fused-ring (bicyclic) bond motifs is 2. The quantitative estimate of drug-likeness (QED) is 0.714. The van der Waals surface area contributed by atoms with Gasteiger partial charge in [-0.1, -0.05) is 24.3 Å². The van der Waals surface area contributed by atoms with Gasteiger partial charge in [-0.15, -0.1) is 0 Å². The summed E-state index contributed by atoms with van der Waals surface area (Å²) in [6.07, 6.45) is 1.34. The fourth-order valence-corrected chi connectivity index (χ4v) is 2.75. The van der Waals surface area contributed by atoms with Gasteiger partial charge in [0.1, 0.15) is 11.7 Å². The van der Waals surface area contributed by atoms with Crippen molar-refractivity contribution in [2.45, 2.75) is 31.0 Å². The van der Waals surface area contributed by atoms with Crippen molar-refractivity contribution in [1.82, 2.24) is 0 Å². The average Bonchev–Trinajstić information content (AvgIpc) is 2.28. The molecule has 0 bridgehead atoms. The minimum atomic E-state index is -0.982. The van der Waals surface area contributed by atoms with Crippen LogP contribution in [0.25, 0.3) is 0 Å². The Morgan fingerprint density at radius 1 is 1.38 bits per heavy atom. The predicted octanol–water partition coefficient (Wildman–Crippen LogP) is 1.34. The molecule has 0 radical (unpaired) electrons. The first-order chi connectivity index (χ1) is 7.71. The van der Waals surface area contributed by atoms with Crippen LogP contribution in [0.2, 0.25) is 0 Å². The zero-order chi connectivity index (χ0) is 11.2. The molecule has 2 aliphatic rings. The highest BCUT2D eigenvalue weighted by Gasteiger charge is 2.48. The highest BCUT2D eigenvalue weighted by atomic mass is 16.5. The summed E-state index contributed by atoms with van der Waals surface area (Å²) < 4.78 is 5.45. The molecule has 0 amide bonds. The number of ether oxygens (including phenoxy) is 1. The van der Waals surface area contributed by atoms with Gasteiger partial charge < -0.3 is 9.84 Å². The second kappa shape index (κ2) is 3.40. The van der Waals surface area contributed by atoms with E-state index in [1.54, 1.807) is 0 Å². The van der Waals surface area contributed by atoms with Crippen LogP contribution in [0.3, 0.4) is 0 Å². The number of hydrogen-bond acceptors (Lipinski definition) is 3. The van der Waals surface area contributed by atoms with Crippen LogP contribution in [-0.4, -0.2) is 29.2 Å². The maximum Gasteiger partial charge on any atom is 0.194 e. The second-order valence-corrected chi connectivity index (χ2v) is 4.66. The SMILES string of the molecule is O=C1c2ccccc2C[C@]2(O)CCCO[C@@H]12. The third kappa shape index (κ3) is 1.32. The van der Waals surface area contributed by atoms with Crippen molar-refractivity contribution < 1.29 is 14.6 Å². The van der Waals surface area contributed by atoms with Gasteiger partial charge in [0.05, 0.1) is 0 Å². The maximum absolute atomic E-state index is 12.2. The van der Waals surface area contributed by atoms with Crippen molar-refractivity contribution in [3.05, 3.63) is 35.4 Å². The van der Waals surface area contributed by atoms with E-state index in [-0.39, 0.29) is 5.78 Å². The van der Waals surface area contributed by atoms with Gasteiger partial charge in [0, 0.05) is 18.6 Å². The number of aliphatic hydroxyl groups is 1. The topological polar surface area (TPSA) is 46.5 Å². The summed E-state index contributed by atoms with van der Waals surface area (Å²) >= 11 is 0. The zero-order valence-corrected chi connectivity index (χ0v) is 8.98. The lowest BCUT2D eigenvalue weighted by molar-refractivity contribution is -0.126. The molecule has 1 heterocycles. The molecule has 1 aliphatic carbocycles. The number of ketones is 1. The normalized spacial score (nSPS) is 33.1. The van der Waals surface area contributed by atoms with Crippen molar-refractivity contribution in [2.75, 3.05) is 6.61 Å². The highest BCUT2D eigenvalue weighted by Crippen LogP contribution is 2.36. The first kappa shape index (κ1) is 10.00. The van der Waals surface area contributed by atoms with Gasteiger partial charge in [0.2, 0.25) is 0 Å². The van der Waals surface area contributed by atoms with Crippen LogP contribution in [0.5, 0.6) is 0 Å². The van der Waals surface area contributed by atoms with E-state index in [0.29, 0.717) is 25.0 Å². The summed E-state index contributed by atoms with van der Waals surface area (Å²) in [5.41, 5.74) is 0.666. The summed E-state index contributed by atoms with van der Waals surface area (Å²) in [5.74, 6) is -0.0657. The Hall–Kier alpha value is -1.19. The van der Waals surface area contributed by atoms with Crippen LogP contribution in [-0.2, 0) is 11.2 Å². The number of hydrogen-bond donors (Lipinski definition) is 1. The molecule has 2 atom stereocenters. The van der Waals surface area contributed by atoms with E-state index < -0.39 is 11.7 Å². The van der Waals surface area contributed by atoms with Gasteiger partial charge in [-0.05, 0) is 18.4 Å². The molecular formula is C13H14O3. The first-order valence-corrected chi connectivity index (χ1v) is 5.67. The van der Waals surface area contributed by atoms with Crippen molar-refractivity contribution >= 4 is 5.78 Å². The van der Waals surface area contributed by atoms with Gasteiger partial charge >= 0.3 is 0 Å². The fraction of sp³-hybridized carbons (Fsp3) is 0.462. The van der Waals surface area contributed by atoms with E-state index in [9.17, 15) is 9.90 Å². The molecule has 1 aromatic rings. The lowest BCUT2D eigenvalue weighted by Gasteiger charge is -2.42. The van der Waals surface area contributed by atoms with Crippen molar-refractivity contribution in [3.63, 3.8) is 0 Å². The molecule has 1 N–H and O–H groups in total. The van der Waals surface area contributed by atoms with Gasteiger partial charge in [0.15, 0.2) is 5.78 Å². The van der Waals surface area contributed by atoms with Gasteiger partial charge in [0.25, 0.3) is 0 Å². The van der Waals surface area contributed by atoms with Crippen LogP contribution < -0.4 is 0 Å². The summed E-state index contributed by atoms with van der Waals surface area (Å²) in [7, 11) is 0. The largest absolute Gasteiger partial charge is 0.386 e. The molecule has 1 aromatic carbocycles. The zero-order valence-electron chi connectivity index (χ0n) is 8.98. The molecule has 1 aliphatic heterocycles. The van der Waals surface area contributed by atoms with Crippen LogP contribution >= 0.6 is 0 Å². The lowest BCUT2D eigenvalue weighted by atomic mass is 9.74. The molecule has 0 aromatic heterocycles. The van der Waals surface area contributed by atoms with Crippen molar-refractivity contribution in [1.29, 1.82) is 0 Å². The Morgan fingerprint density at radius 3 is 3.06 bits per heavy atom. The Balaban J connectivity index is 2.09. The molecular weight excluding hydrogens is 204 g/mol. The van der Waals surface area contributed by atoms with Crippen LogP contribution in [0, 0.1) is 0 Å².